The third-order valence-electron chi connectivity index (χ3n) is 1.75. The molecular formula is C7H9N5. The molecule has 0 radical (unpaired) electrons. The molecule has 5 heteroatoms. The van der Waals surface area contributed by atoms with Crippen LogP contribution in [0.1, 0.15) is 0 Å². The Hall–Kier alpha value is -1.91. The van der Waals surface area contributed by atoms with Crippen molar-refractivity contribution in [3.05, 3.63) is 12.1 Å². The summed E-state index contributed by atoms with van der Waals surface area (Å²) < 4.78 is 0. The molecule has 12 heavy (non-hydrogen) atoms. The van der Waals surface area contributed by atoms with Gasteiger partial charge >= 0.3 is 0 Å². The molecule has 0 spiro atoms. The molecule has 1 aromatic heterocycles. The highest BCUT2D eigenvalue weighted by atomic mass is 15.0. The Bertz CT molecular complexity index is 431. The number of rotatable bonds is 0. The molecule has 62 valence electrons. The summed E-state index contributed by atoms with van der Waals surface area (Å²) in [6.07, 6.45) is 0. The van der Waals surface area contributed by atoms with Gasteiger partial charge in [0.15, 0.2) is 5.95 Å². The first-order valence-electron chi connectivity index (χ1n) is 3.47. The minimum atomic E-state index is 0.349. The lowest BCUT2D eigenvalue weighted by atomic mass is 10.2. The zero-order valence-electron chi connectivity index (χ0n) is 6.33. The molecule has 2 rings (SSSR count). The van der Waals surface area contributed by atoms with Crippen molar-refractivity contribution in [2.75, 3.05) is 17.2 Å². The van der Waals surface area contributed by atoms with Crippen molar-refractivity contribution in [2.24, 2.45) is 0 Å². The molecule has 1 heterocycles. The van der Waals surface area contributed by atoms with Crippen LogP contribution in [0, 0.1) is 0 Å². The van der Waals surface area contributed by atoms with Crippen molar-refractivity contribution < 1.29 is 0 Å². The molecule has 0 fully saturated rings. The lowest BCUT2D eigenvalue weighted by Gasteiger charge is -1.98. The summed E-state index contributed by atoms with van der Waals surface area (Å²) in [5.74, 6) is 0.349. The summed E-state index contributed by atoms with van der Waals surface area (Å²) in [4.78, 5) is 6.83. The van der Waals surface area contributed by atoms with Crippen LogP contribution in [0.25, 0.3) is 11.0 Å². The number of nitrogen functional groups attached to an aromatic ring is 3. The number of aromatic amines is 1. The largest absolute Gasteiger partial charge is 0.397 e. The number of H-pyrrole nitrogens is 1. The number of nitrogens with two attached hydrogens (primary N) is 3. The molecule has 1 aromatic carbocycles. The molecule has 0 aliphatic carbocycles. The Labute approximate surface area is 68.6 Å². The van der Waals surface area contributed by atoms with Crippen molar-refractivity contribution in [1.82, 2.24) is 9.97 Å². The zero-order valence-corrected chi connectivity index (χ0v) is 6.33. The fourth-order valence-electron chi connectivity index (χ4n) is 1.13. The van der Waals surface area contributed by atoms with Gasteiger partial charge in [-0.3, -0.25) is 0 Å². The van der Waals surface area contributed by atoms with Crippen molar-refractivity contribution >= 4 is 28.4 Å². The predicted molar refractivity (Wildman–Crippen MR) is 49.3 cm³/mol. The molecule has 0 atom stereocenters. The Balaban J connectivity index is 2.89. The third-order valence-corrected chi connectivity index (χ3v) is 1.75. The van der Waals surface area contributed by atoms with E-state index in [0.29, 0.717) is 22.8 Å². The van der Waals surface area contributed by atoms with Crippen molar-refractivity contribution in [3.63, 3.8) is 0 Å². The average molecular weight is 163 g/mol. The van der Waals surface area contributed by atoms with Crippen LogP contribution in [0.15, 0.2) is 12.1 Å². The van der Waals surface area contributed by atoms with E-state index in [1.54, 1.807) is 12.1 Å². The number of hydrogen-bond donors (Lipinski definition) is 4. The van der Waals surface area contributed by atoms with Crippen LogP contribution in [0.4, 0.5) is 17.3 Å². The maximum Gasteiger partial charge on any atom is 0.198 e. The number of anilines is 3. The molecule has 2 aromatic rings. The lowest BCUT2D eigenvalue weighted by molar-refractivity contribution is 1.35. The fourth-order valence-corrected chi connectivity index (χ4v) is 1.13. The minimum absolute atomic E-state index is 0.349. The molecule has 0 aliphatic heterocycles. The maximum atomic E-state index is 5.68. The van der Waals surface area contributed by atoms with E-state index in [4.69, 9.17) is 17.2 Å². The monoisotopic (exact) mass is 163 g/mol. The van der Waals surface area contributed by atoms with E-state index in [1.165, 1.54) is 0 Å². The first-order valence-corrected chi connectivity index (χ1v) is 3.47. The van der Waals surface area contributed by atoms with Crippen LogP contribution in [0.5, 0.6) is 0 Å². The van der Waals surface area contributed by atoms with Crippen LogP contribution < -0.4 is 17.2 Å². The van der Waals surface area contributed by atoms with Gasteiger partial charge in [0.25, 0.3) is 0 Å². The van der Waals surface area contributed by atoms with Gasteiger partial charge < -0.3 is 22.2 Å². The van der Waals surface area contributed by atoms with E-state index in [9.17, 15) is 0 Å². The van der Waals surface area contributed by atoms with Crippen LogP contribution in [0.2, 0.25) is 0 Å². The van der Waals surface area contributed by atoms with Crippen molar-refractivity contribution in [1.29, 1.82) is 0 Å². The fraction of sp³-hybridized carbons (Fsp3) is 0. The summed E-state index contributed by atoms with van der Waals surface area (Å²) in [6.45, 7) is 0. The number of aromatic nitrogens is 2. The van der Waals surface area contributed by atoms with E-state index in [1.807, 2.05) is 0 Å². The van der Waals surface area contributed by atoms with Crippen molar-refractivity contribution in [2.45, 2.75) is 0 Å². The van der Waals surface area contributed by atoms with Gasteiger partial charge in [-0.15, -0.1) is 0 Å². The lowest BCUT2D eigenvalue weighted by Crippen LogP contribution is -1.94. The van der Waals surface area contributed by atoms with Crippen molar-refractivity contribution in [3.8, 4) is 0 Å². The standard InChI is InChI=1S/C7H9N5/c8-3-1-2-4-6(5(3)9)12-7(10)11-4/h1-2H,8-9H2,(H3,10,11,12). The second kappa shape index (κ2) is 2.04. The highest BCUT2D eigenvalue weighted by Gasteiger charge is 2.04. The number of imidazole rings is 1. The average Bonchev–Trinajstić information content (AvgIpc) is 2.39. The highest BCUT2D eigenvalue weighted by Crippen LogP contribution is 2.24. The number of nitrogens with zero attached hydrogens (tertiary/aromatic N) is 1. The molecule has 5 nitrogen and oxygen atoms in total. The van der Waals surface area contributed by atoms with E-state index < -0.39 is 0 Å². The minimum Gasteiger partial charge on any atom is -0.397 e. The van der Waals surface area contributed by atoms with E-state index >= 15 is 0 Å². The number of fused-ring (bicyclic) bond motifs is 1. The van der Waals surface area contributed by atoms with Crippen LogP contribution >= 0.6 is 0 Å². The zero-order chi connectivity index (χ0) is 8.72. The maximum absolute atomic E-state index is 5.68. The number of nitrogens with one attached hydrogen (secondary N) is 1. The molecule has 7 N–H and O–H groups in total. The smallest absolute Gasteiger partial charge is 0.198 e. The van der Waals surface area contributed by atoms with Gasteiger partial charge in [0.2, 0.25) is 0 Å². The van der Waals surface area contributed by atoms with Crippen LogP contribution in [-0.4, -0.2) is 9.97 Å². The van der Waals surface area contributed by atoms with Crippen LogP contribution in [0.3, 0.4) is 0 Å². The normalized spacial score (nSPS) is 10.7. The summed E-state index contributed by atoms with van der Waals surface area (Å²) in [5.41, 5.74) is 19.2. The molecular weight excluding hydrogens is 154 g/mol. The predicted octanol–water partition coefficient (Wildman–Crippen LogP) is 0.310. The summed E-state index contributed by atoms with van der Waals surface area (Å²) >= 11 is 0. The van der Waals surface area contributed by atoms with Gasteiger partial charge in [-0.1, -0.05) is 0 Å². The SMILES string of the molecule is Nc1nc2ccc(N)c(N)c2[nH]1. The molecule has 0 unspecified atom stereocenters. The van der Waals surface area contributed by atoms with Gasteiger partial charge in [0.1, 0.15) is 0 Å². The number of benzene rings is 1. The summed E-state index contributed by atoms with van der Waals surface area (Å²) in [7, 11) is 0. The number of hydrogen-bond acceptors (Lipinski definition) is 4. The Morgan fingerprint density at radius 3 is 2.67 bits per heavy atom. The van der Waals surface area contributed by atoms with Crippen LogP contribution in [-0.2, 0) is 0 Å². The second-order valence-corrected chi connectivity index (χ2v) is 2.58. The first kappa shape index (κ1) is 6.78. The quantitative estimate of drug-likeness (QED) is 0.419. The van der Waals surface area contributed by atoms with E-state index in [0.717, 1.165) is 5.52 Å². The third kappa shape index (κ3) is 0.763. The topological polar surface area (TPSA) is 107 Å². The molecule has 0 bridgehead atoms. The highest BCUT2D eigenvalue weighted by molar-refractivity contribution is 5.94. The van der Waals surface area contributed by atoms with Gasteiger partial charge in [0, 0.05) is 0 Å². The first-order chi connectivity index (χ1) is 5.68. The van der Waals surface area contributed by atoms with Gasteiger partial charge in [-0.05, 0) is 12.1 Å². The van der Waals surface area contributed by atoms with E-state index in [-0.39, 0.29) is 0 Å². The van der Waals surface area contributed by atoms with Gasteiger partial charge in [-0.2, -0.15) is 0 Å². The second-order valence-electron chi connectivity index (χ2n) is 2.58. The van der Waals surface area contributed by atoms with Gasteiger partial charge in [0.05, 0.1) is 22.4 Å². The Kier molecular flexibility index (Phi) is 1.15. The van der Waals surface area contributed by atoms with E-state index in [2.05, 4.69) is 9.97 Å². The Morgan fingerprint density at radius 1 is 1.17 bits per heavy atom. The summed E-state index contributed by atoms with van der Waals surface area (Å²) in [6, 6.07) is 3.48. The van der Waals surface area contributed by atoms with Gasteiger partial charge in [-0.25, -0.2) is 4.98 Å². The molecule has 0 amide bonds. The Morgan fingerprint density at radius 2 is 1.92 bits per heavy atom. The molecule has 0 aliphatic rings. The summed E-state index contributed by atoms with van der Waals surface area (Å²) in [5, 5.41) is 0. The molecule has 0 saturated carbocycles. The molecule has 0 saturated heterocycles.